The largest absolute Gasteiger partial charge is 0.380 e. The molecule has 7 heteroatoms. The molecule has 1 N–H and O–H groups in total. The number of carbonyl (C=O) groups excluding carboxylic acids is 2. The first kappa shape index (κ1) is 20.8. The number of imide groups is 1. The lowest BCUT2D eigenvalue weighted by Crippen LogP contribution is -2.39. The van der Waals surface area contributed by atoms with Gasteiger partial charge in [0.15, 0.2) is 0 Å². The monoisotopic (exact) mass is 447 g/mol. The van der Waals surface area contributed by atoms with Crippen LogP contribution in [0.3, 0.4) is 0 Å². The summed E-state index contributed by atoms with van der Waals surface area (Å²) in [5, 5.41) is 2.96. The third-order valence-corrected chi connectivity index (χ3v) is 6.48. The fourth-order valence-electron chi connectivity index (χ4n) is 4.15. The zero-order valence-electron chi connectivity index (χ0n) is 17.4. The van der Waals surface area contributed by atoms with Crippen molar-refractivity contribution in [3.63, 3.8) is 0 Å². The van der Waals surface area contributed by atoms with Crippen molar-refractivity contribution in [2.75, 3.05) is 13.2 Å². The highest BCUT2D eigenvalue weighted by molar-refractivity contribution is 6.34. The highest BCUT2D eigenvalue weighted by atomic mass is 35.5. The first-order chi connectivity index (χ1) is 15.6. The Kier molecular flexibility index (Phi) is 5.72. The van der Waals surface area contributed by atoms with Crippen LogP contribution in [0.4, 0.5) is 0 Å². The number of nitrogens with zero attached hydrogens (tertiary/aromatic N) is 2. The molecule has 2 fully saturated rings. The van der Waals surface area contributed by atoms with Crippen molar-refractivity contribution >= 4 is 23.4 Å². The number of hydrogen-bond donors (Lipinski definition) is 1. The molecule has 2 saturated heterocycles. The molecule has 2 aliphatic heterocycles. The lowest BCUT2D eigenvalue weighted by atomic mass is 9.88. The molecule has 6 nitrogen and oxygen atoms in total. The third-order valence-electron chi connectivity index (χ3n) is 6.05. The highest BCUT2D eigenvalue weighted by Gasteiger charge is 2.30. The summed E-state index contributed by atoms with van der Waals surface area (Å²) in [5.41, 5.74) is 4.73. The van der Waals surface area contributed by atoms with Crippen LogP contribution in [0, 0.1) is 0 Å². The van der Waals surface area contributed by atoms with Crippen molar-refractivity contribution < 1.29 is 14.3 Å². The van der Waals surface area contributed by atoms with Gasteiger partial charge in [-0.15, -0.1) is 0 Å². The molecule has 0 spiro atoms. The number of piperidine rings is 1. The van der Waals surface area contributed by atoms with Crippen molar-refractivity contribution in [2.24, 2.45) is 0 Å². The van der Waals surface area contributed by atoms with E-state index in [1.165, 1.54) is 0 Å². The molecule has 5 rings (SSSR count). The number of hydrogen-bond acceptors (Lipinski definition) is 5. The lowest BCUT2D eigenvalue weighted by molar-refractivity contribution is -0.134. The van der Waals surface area contributed by atoms with Gasteiger partial charge in [0.05, 0.1) is 29.8 Å². The van der Waals surface area contributed by atoms with Gasteiger partial charge in [0.25, 0.3) is 0 Å². The van der Waals surface area contributed by atoms with Gasteiger partial charge in [-0.2, -0.15) is 0 Å². The zero-order chi connectivity index (χ0) is 22.1. The minimum Gasteiger partial charge on any atom is -0.380 e. The number of carbonyl (C=O) groups is 2. The normalized spacial score (nSPS) is 18.8. The van der Waals surface area contributed by atoms with Crippen LogP contribution in [0.5, 0.6) is 0 Å². The summed E-state index contributed by atoms with van der Waals surface area (Å²) in [4.78, 5) is 32.9. The maximum absolute atomic E-state index is 12.3. The van der Waals surface area contributed by atoms with E-state index in [2.05, 4.69) is 15.3 Å². The van der Waals surface area contributed by atoms with Crippen molar-refractivity contribution in [3.8, 4) is 11.1 Å². The molecule has 162 valence electrons. The minimum atomic E-state index is -0.412. The summed E-state index contributed by atoms with van der Waals surface area (Å²) in [5.74, 6) is 0.235. The first-order valence-corrected chi connectivity index (χ1v) is 11.1. The molecule has 0 radical (unpaired) electrons. The quantitative estimate of drug-likeness (QED) is 0.597. The molecule has 0 bridgehead atoms. The molecule has 0 saturated carbocycles. The number of nitrogens with one attached hydrogen (secondary N) is 1. The van der Waals surface area contributed by atoms with Gasteiger partial charge in [0, 0.05) is 30.5 Å². The average Bonchev–Trinajstić information content (AvgIpc) is 2.74. The summed E-state index contributed by atoms with van der Waals surface area (Å²) >= 11 is 6.72. The Bertz CT molecular complexity index is 1180. The highest BCUT2D eigenvalue weighted by Crippen LogP contribution is 2.37. The van der Waals surface area contributed by atoms with E-state index in [4.69, 9.17) is 16.3 Å². The second kappa shape index (κ2) is 8.81. The van der Waals surface area contributed by atoms with Gasteiger partial charge >= 0.3 is 0 Å². The average molecular weight is 448 g/mol. The Morgan fingerprint density at radius 2 is 1.88 bits per heavy atom. The van der Waals surface area contributed by atoms with Crippen LogP contribution in [-0.4, -0.2) is 35.0 Å². The molecular weight excluding hydrogens is 426 g/mol. The number of aromatic nitrogens is 2. The van der Waals surface area contributed by atoms with E-state index in [1.807, 2.05) is 54.7 Å². The number of rotatable bonds is 5. The Labute approximate surface area is 191 Å². The molecule has 2 aromatic carbocycles. The summed E-state index contributed by atoms with van der Waals surface area (Å²) < 4.78 is 5.26. The summed E-state index contributed by atoms with van der Waals surface area (Å²) in [6, 6.07) is 15.8. The van der Waals surface area contributed by atoms with E-state index in [0.717, 1.165) is 47.0 Å². The van der Waals surface area contributed by atoms with Gasteiger partial charge in [-0.05, 0) is 29.2 Å². The molecule has 1 aromatic heterocycles. The SMILES string of the molecule is O=C1CCC(c2cccc(-c3ccc(Cc4nccc(C5COC5)n4)cc3)c2Cl)C(=O)N1. The van der Waals surface area contributed by atoms with Crippen molar-refractivity contribution in [3.05, 3.63) is 82.4 Å². The summed E-state index contributed by atoms with van der Waals surface area (Å²) in [7, 11) is 0. The molecule has 0 aliphatic carbocycles. The van der Waals surface area contributed by atoms with Crippen LogP contribution in [0.1, 0.15) is 47.3 Å². The predicted octanol–water partition coefficient (Wildman–Crippen LogP) is 4.02. The van der Waals surface area contributed by atoms with E-state index in [-0.39, 0.29) is 11.8 Å². The molecule has 2 aliphatic rings. The molecule has 3 heterocycles. The topological polar surface area (TPSA) is 81.2 Å². The zero-order valence-corrected chi connectivity index (χ0v) is 18.1. The molecular formula is C25H22ClN3O3. The van der Waals surface area contributed by atoms with Crippen molar-refractivity contribution in [1.82, 2.24) is 15.3 Å². The Balaban J connectivity index is 1.35. The maximum atomic E-state index is 12.3. The third kappa shape index (κ3) is 4.16. The van der Waals surface area contributed by atoms with Crippen LogP contribution in [0.25, 0.3) is 11.1 Å². The Morgan fingerprint density at radius 3 is 2.59 bits per heavy atom. The van der Waals surface area contributed by atoms with E-state index in [0.29, 0.717) is 30.2 Å². The minimum absolute atomic E-state index is 0.232. The van der Waals surface area contributed by atoms with Gasteiger partial charge < -0.3 is 4.74 Å². The predicted molar refractivity (Wildman–Crippen MR) is 120 cm³/mol. The molecule has 32 heavy (non-hydrogen) atoms. The molecule has 1 unspecified atom stereocenters. The number of halogens is 1. The lowest BCUT2D eigenvalue weighted by Gasteiger charge is -2.25. The summed E-state index contributed by atoms with van der Waals surface area (Å²) in [6.07, 6.45) is 3.25. The van der Waals surface area contributed by atoms with Gasteiger partial charge in [0.1, 0.15) is 5.82 Å². The Morgan fingerprint density at radius 1 is 1.06 bits per heavy atom. The van der Waals surface area contributed by atoms with Crippen molar-refractivity contribution in [2.45, 2.75) is 31.1 Å². The second-order valence-corrected chi connectivity index (χ2v) is 8.60. The molecule has 2 amide bonds. The first-order valence-electron chi connectivity index (χ1n) is 10.7. The van der Waals surface area contributed by atoms with Crippen molar-refractivity contribution in [1.29, 1.82) is 0 Å². The number of benzene rings is 2. The van der Waals surface area contributed by atoms with Gasteiger partial charge in [0.2, 0.25) is 11.8 Å². The van der Waals surface area contributed by atoms with Gasteiger partial charge in [-0.3, -0.25) is 14.9 Å². The Hall–Kier alpha value is -3.09. The fourth-order valence-corrected chi connectivity index (χ4v) is 4.52. The van der Waals surface area contributed by atoms with Crippen LogP contribution in [-0.2, 0) is 20.7 Å². The van der Waals surface area contributed by atoms with Crippen LogP contribution in [0.2, 0.25) is 5.02 Å². The second-order valence-electron chi connectivity index (χ2n) is 8.22. The van der Waals surface area contributed by atoms with Gasteiger partial charge in [-0.25, -0.2) is 9.97 Å². The van der Waals surface area contributed by atoms with Gasteiger partial charge in [-0.1, -0.05) is 54.1 Å². The van der Waals surface area contributed by atoms with E-state index in [9.17, 15) is 9.59 Å². The smallest absolute Gasteiger partial charge is 0.234 e. The van der Waals surface area contributed by atoms with E-state index < -0.39 is 5.92 Å². The number of amides is 2. The van der Waals surface area contributed by atoms with Crippen LogP contribution < -0.4 is 5.32 Å². The molecule has 1 atom stereocenters. The standard InChI is InChI=1S/C25H22ClN3O3/c26-24-18(2-1-3-19(24)20-8-9-23(30)29-25(20)31)16-6-4-15(5-7-16)12-22-27-11-10-21(28-22)17-13-32-14-17/h1-7,10-11,17,20H,8-9,12-14H2,(H,29,30,31). The summed E-state index contributed by atoms with van der Waals surface area (Å²) in [6.45, 7) is 1.45. The van der Waals surface area contributed by atoms with Crippen LogP contribution in [0.15, 0.2) is 54.7 Å². The van der Waals surface area contributed by atoms with E-state index in [1.54, 1.807) is 0 Å². The molecule has 3 aromatic rings. The van der Waals surface area contributed by atoms with Crippen LogP contribution >= 0.6 is 11.6 Å². The van der Waals surface area contributed by atoms with E-state index >= 15 is 0 Å². The fraction of sp³-hybridized carbons (Fsp3) is 0.280. The maximum Gasteiger partial charge on any atom is 0.234 e. The number of ether oxygens (including phenoxy) is 1.